The minimum atomic E-state index is -0.382. The molecule has 3 rings (SSSR count). The zero-order valence-corrected chi connectivity index (χ0v) is 10.2. The summed E-state index contributed by atoms with van der Waals surface area (Å²) in [4.78, 5) is 16.4. The maximum Gasteiger partial charge on any atom is 0.317 e. The zero-order chi connectivity index (χ0) is 11.2. The third-order valence-corrected chi connectivity index (χ3v) is 4.80. The normalized spacial score (nSPS) is 22.6. The summed E-state index contributed by atoms with van der Waals surface area (Å²) in [6.45, 7) is 0. The van der Waals surface area contributed by atoms with Crippen LogP contribution in [0.2, 0.25) is 0 Å². The van der Waals surface area contributed by atoms with E-state index in [-0.39, 0.29) is 11.4 Å². The van der Waals surface area contributed by atoms with Crippen molar-refractivity contribution in [2.45, 2.75) is 43.4 Å². The number of carbonyl (C=O) groups is 1. The number of hydrogen-bond acceptors (Lipinski definition) is 4. The molecule has 2 aliphatic carbocycles. The molecule has 0 saturated heterocycles. The number of hydrogen-bond donors (Lipinski definition) is 0. The van der Waals surface area contributed by atoms with Gasteiger partial charge in [-0.3, -0.25) is 4.79 Å². The molecule has 0 aromatic carbocycles. The number of ether oxygens (including phenoxy) is 1. The Morgan fingerprint density at radius 2 is 2.31 bits per heavy atom. The van der Waals surface area contributed by atoms with E-state index in [1.165, 1.54) is 31.4 Å². The molecule has 2 aliphatic rings. The van der Waals surface area contributed by atoms with Crippen LogP contribution in [0, 0.1) is 0 Å². The van der Waals surface area contributed by atoms with Gasteiger partial charge in [0.1, 0.15) is 5.41 Å². The predicted molar refractivity (Wildman–Crippen MR) is 61.6 cm³/mol. The Morgan fingerprint density at radius 3 is 2.81 bits per heavy atom. The smallest absolute Gasteiger partial charge is 0.317 e. The lowest BCUT2D eigenvalue weighted by Gasteiger charge is -2.22. The van der Waals surface area contributed by atoms with Crippen molar-refractivity contribution in [2.24, 2.45) is 0 Å². The largest absolute Gasteiger partial charge is 0.468 e. The average molecular weight is 237 g/mol. The fraction of sp³-hybridized carbons (Fsp3) is 0.667. The topological polar surface area (TPSA) is 39.2 Å². The Labute approximate surface area is 98.8 Å². The molecule has 0 atom stereocenters. The van der Waals surface area contributed by atoms with Crippen LogP contribution in [0.5, 0.6) is 0 Å². The fourth-order valence-electron chi connectivity index (χ4n) is 2.24. The number of carbonyl (C=O) groups excluding carboxylic acids is 1. The SMILES string of the molecule is COC(=O)C1(c2csc(C3CCC3)n2)CC1. The van der Waals surface area contributed by atoms with Gasteiger partial charge in [-0.15, -0.1) is 11.3 Å². The minimum absolute atomic E-state index is 0.113. The van der Waals surface area contributed by atoms with Gasteiger partial charge in [-0.1, -0.05) is 6.42 Å². The van der Waals surface area contributed by atoms with E-state index in [0.29, 0.717) is 5.92 Å². The summed E-state index contributed by atoms with van der Waals surface area (Å²) < 4.78 is 4.87. The van der Waals surface area contributed by atoms with Gasteiger partial charge in [0.15, 0.2) is 0 Å². The summed E-state index contributed by atoms with van der Waals surface area (Å²) in [6.07, 6.45) is 5.64. The van der Waals surface area contributed by atoms with Crippen LogP contribution in [0.3, 0.4) is 0 Å². The van der Waals surface area contributed by atoms with E-state index in [9.17, 15) is 4.79 Å². The van der Waals surface area contributed by atoms with Gasteiger partial charge in [-0.2, -0.15) is 0 Å². The summed E-state index contributed by atoms with van der Waals surface area (Å²) in [7, 11) is 1.46. The Bertz CT molecular complexity index is 418. The van der Waals surface area contributed by atoms with Crippen molar-refractivity contribution in [1.29, 1.82) is 0 Å². The van der Waals surface area contributed by atoms with Gasteiger partial charge in [-0.25, -0.2) is 4.98 Å². The predicted octanol–water partition coefficient (Wildman–Crippen LogP) is 2.62. The molecule has 0 aliphatic heterocycles. The van der Waals surface area contributed by atoms with E-state index in [1.54, 1.807) is 11.3 Å². The quantitative estimate of drug-likeness (QED) is 0.759. The van der Waals surface area contributed by atoms with Gasteiger partial charge < -0.3 is 4.74 Å². The van der Waals surface area contributed by atoms with E-state index in [1.807, 2.05) is 0 Å². The number of thiazole rings is 1. The zero-order valence-electron chi connectivity index (χ0n) is 9.36. The molecule has 2 fully saturated rings. The van der Waals surface area contributed by atoms with E-state index >= 15 is 0 Å². The van der Waals surface area contributed by atoms with Crippen LogP contribution in [0.15, 0.2) is 5.38 Å². The van der Waals surface area contributed by atoms with Gasteiger partial charge in [0, 0.05) is 11.3 Å². The first kappa shape index (κ1) is 10.3. The first-order valence-corrected chi connectivity index (χ1v) is 6.68. The van der Waals surface area contributed by atoms with Crippen LogP contribution >= 0.6 is 11.3 Å². The molecule has 0 radical (unpaired) electrons. The fourth-order valence-corrected chi connectivity index (χ4v) is 3.33. The maximum atomic E-state index is 11.7. The van der Waals surface area contributed by atoms with Crippen LogP contribution in [0.4, 0.5) is 0 Å². The van der Waals surface area contributed by atoms with Crippen molar-refractivity contribution in [3.8, 4) is 0 Å². The molecule has 0 spiro atoms. The van der Waals surface area contributed by atoms with Crippen molar-refractivity contribution in [3.05, 3.63) is 16.1 Å². The van der Waals surface area contributed by atoms with Crippen LogP contribution in [0.25, 0.3) is 0 Å². The van der Waals surface area contributed by atoms with E-state index in [2.05, 4.69) is 10.4 Å². The lowest BCUT2D eigenvalue weighted by molar-refractivity contribution is -0.143. The highest BCUT2D eigenvalue weighted by Crippen LogP contribution is 2.50. The number of rotatable bonds is 3. The summed E-state index contributed by atoms with van der Waals surface area (Å²) in [6, 6.07) is 0. The van der Waals surface area contributed by atoms with Gasteiger partial charge >= 0.3 is 5.97 Å². The Kier molecular flexibility index (Phi) is 2.28. The maximum absolute atomic E-state index is 11.7. The first-order chi connectivity index (χ1) is 7.76. The molecular weight excluding hydrogens is 222 g/mol. The van der Waals surface area contributed by atoms with E-state index < -0.39 is 0 Å². The summed E-state index contributed by atoms with van der Waals surface area (Å²) in [5.74, 6) is 0.546. The number of aromatic nitrogens is 1. The highest BCUT2D eigenvalue weighted by atomic mass is 32.1. The molecule has 0 N–H and O–H groups in total. The number of methoxy groups -OCH3 is 1. The lowest BCUT2D eigenvalue weighted by atomic mass is 9.86. The second-order valence-electron chi connectivity index (χ2n) is 4.77. The van der Waals surface area contributed by atoms with Gasteiger partial charge in [-0.05, 0) is 25.7 Å². The molecule has 4 heteroatoms. The Balaban J connectivity index is 1.84. The van der Waals surface area contributed by atoms with Crippen molar-refractivity contribution in [1.82, 2.24) is 4.98 Å². The third-order valence-electron chi connectivity index (χ3n) is 3.79. The van der Waals surface area contributed by atoms with Crippen LogP contribution in [-0.2, 0) is 14.9 Å². The summed E-state index contributed by atoms with van der Waals surface area (Å²) in [5, 5.41) is 3.27. The molecule has 16 heavy (non-hydrogen) atoms. The minimum Gasteiger partial charge on any atom is -0.468 e. The second-order valence-corrected chi connectivity index (χ2v) is 5.66. The van der Waals surface area contributed by atoms with Crippen molar-refractivity contribution < 1.29 is 9.53 Å². The molecule has 0 amide bonds. The van der Waals surface area contributed by atoms with E-state index in [4.69, 9.17) is 4.74 Å². The molecule has 0 bridgehead atoms. The molecular formula is C12H15NO2S. The van der Waals surface area contributed by atoms with Crippen LogP contribution in [0.1, 0.15) is 48.7 Å². The average Bonchev–Trinajstić information content (AvgIpc) is 2.90. The van der Waals surface area contributed by atoms with Crippen molar-refractivity contribution in [2.75, 3.05) is 7.11 Å². The van der Waals surface area contributed by atoms with Gasteiger partial charge in [0.25, 0.3) is 0 Å². The van der Waals surface area contributed by atoms with Crippen LogP contribution < -0.4 is 0 Å². The molecule has 0 unspecified atom stereocenters. The van der Waals surface area contributed by atoms with E-state index in [0.717, 1.165) is 18.5 Å². The Morgan fingerprint density at radius 1 is 1.56 bits per heavy atom. The number of nitrogens with zero attached hydrogens (tertiary/aromatic N) is 1. The molecule has 3 nitrogen and oxygen atoms in total. The molecule has 1 aromatic heterocycles. The first-order valence-electron chi connectivity index (χ1n) is 5.80. The van der Waals surface area contributed by atoms with Crippen molar-refractivity contribution >= 4 is 17.3 Å². The molecule has 1 aromatic rings. The van der Waals surface area contributed by atoms with Crippen LogP contribution in [-0.4, -0.2) is 18.1 Å². The Hall–Kier alpha value is -0.900. The van der Waals surface area contributed by atoms with Gasteiger partial charge in [0.2, 0.25) is 0 Å². The second kappa shape index (κ2) is 3.55. The standard InChI is InChI=1S/C12H15NO2S/c1-15-11(14)12(5-6-12)9-7-16-10(13-9)8-3-2-4-8/h7-8H,2-6H2,1H3. The highest BCUT2D eigenvalue weighted by molar-refractivity contribution is 7.09. The molecule has 2 saturated carbocycles. The molecule has 86 valence electrons. The summed E-state index contributed by atoms with van der Waals surface area (Å²) in [5.41, 5.74) is 0.569. The van der Waals surface area contributed by atoms with Gasteiger partial charge in [0.05, 0.1) is 17.8 Å². The summed E-state index contributed by atoms with van der Waals surface area (Å²) >= 11 is 1.71. The highest BCUT2D eigenvalue weighted by Gasteiger charge is 2.54. The lowest BCUT2D eigenvalue weighted by Crippen LogP contribution is -2.22. The number of esters is 1. The molecule has 1 heterocycles. The third kappa shape index (κ3) is 1.39. The van der Waals surface area contributed by atoms with Crippen molar-refractivity contribution in [3.63, 3.8) is 0 Å². The monoisotopic (exact) mass is 237 g/mol.